The summed E-state index contributed by atoms with van der Waals surface area (Å²) >= 11 is 3.51. The first-order valence-corrected chi connectivity index (χ1v) is 8.85. The second-order valence-corrected chi connectivity index (χ2v) is 6.92. The van der Waals surface area contributed by atoms with Crippen molar-refractivity contribution in [2.75, 3.05) is 27.2 Å². The molecule has 0 aliphatic rings. The van der Waals surface area contributed by atoms with Gasteiger partial charge in [-0.25, -0.2) is 4.39 Å². The zero-order valence-electron chi connectivity index (χ0n) is 14.2. The van der Waals surface area contributed by atoms with Crippen LogP contribution < -0.4 is 10.1 Å². The highest BCUT2D eigenvalue weighted by molar-refractivity contribution is 9.10. The van der Waals surface area contributed by atoms with Crippen LogP contribution in [0.5, 0.6) is 5.75 Å². The van der Waals surface area contributed by atoms with Gasteiger partial charge in [0.25, 0.3) is 0 Å². The quantitative estimate of drug-likeness (QED) is 0.644. The summed E-state index contributed by atoms with van der Waals surface area (Å²) < 4.78 is 19.9. The van der Waals surface area contributed by atoms with Crippen LogP contribution in [0.1, 0.15) is 17.5 Å². The summed E-state index contributed by atoms with van der Waals surface area (Å²) in [5.74, 6) is 0.618. The van der Waals surface area contributed by atoms with Crippen molar-refractivity contribution in [1.82, 2.24) is 10.2 Å². The summed E-state index contributed by atoms with van der Waals surface area (Å²) in [5, 5.41) is 3.45. The minimum Gasteiger partial charge on any atom is -0.489 e. The van der Waals surface area contributed by atoms with Gasteiger partial charge in [0.2, 0.25) is 0 Å². The third kappa shape index (κ3) is 6.59. The maximum Gasteiger partial charge on any atom is 0.124 e. The Balaban J connectivity index is 1.90. The Hall–Kier alpha value is -1.43. The zero-order valence-corrected chi connectivity index (χ0v) is 15.8. The van der Waals surface area contributed by atoms with Crippen LogP contribution in [-0.4, -0.2) is 32.1 Å². The molecule has 0 fully saturated rings. The van der Waals surface area contributed by atoms with Gasteiger partial charge in [-0.05, 0) is 69.5 Å². The van der Waals surface area contributed by atoms with Crippen molar-refractivity contribution in [3.8, 4) is 5.75 Å². The first-order chi connectivity index (χ1) is 11.5. The molecular weight excluding hydrogens is 371 g/mol. The molecule has 2 aromatic carbocycles. The standard InChI is InChI=1S/C19H24BrFN2O/c1-23(2)11-3-10-22-13-16-12-17(20)6-9-19(16)24-14-15-4-7-18(21)8-5-15/h4-9,12,22H,3,10-11,13-14H2,1-2H3. The van der Waals surface area contributed by atoms with Crippen LogP contribution in [0.4, 0.5) is 4.39 Å². The fourth-order valence-corrected chi connectivity index (χ4v) is 2.72. The van der Waals surface area contributed by atoms with Gasteiger partial charge < -0.3 is 15.0 Å². The van der Waals surface area contributed by atoms with E-state index in [9.17, 15) is 4.39 Å². The first kappa shape index (κ1) is 18.9. The SMILES string of the molecule is CN(C)CCCNCc1cc(Br)ccc1OCc1ccc(F)cc1. The molecule has 0 aromatic heterocycles. The molecule has 2 rings (SSSR count). The van der Waals surface area contributed by atoms with E-state index in [4.69, 9.17) is 4.74 Å². The summed E-state index contributed by atoms with van der Waals surface area (Å²) in [5.41, 5.74) is 2.06. The van der Waals surface area contributed by atoms with Crippen LogP contribution in [0.3, 0.4) is 0 Å². The number of benzene rings is 2. The lowest BCUT2D eigenvalue weighted by Crippen LogP contribution is -2.21. The Morgan fingerprint density at radius 3 is 2.58 bits per heavy atom. The molecule has 0 radical (unpaired) electrons. The number of hydrogen-bond donors (Lipinski definition) is 1. The van der Waals surface area contributed by atoms with Crippen LogP contribution in [0.15, 0.2) is 46.9 Å². The molecule has 0 bridgehead atoms. The lowest BCUT2D eigenvalue weighted by Gasteiger charge is -2.14. The molecule has 3 nitrogen and oxygen atoms in total. The summed E-state index contributed by atoms with van der Waals surface area (Å²) in [6.45, 7) is 3.21. The van der Waals surface area contributed by atoms with Crippen LogP contribution in [0, 0.1) is 5.82 Å². The molecule has 1 N–H and O–H groups in total. The fourth-order valence-electron chi connectivity index (χ4n) is 2.31. The molecule has 0 unspecified atom stereocenters. The molecule has 0 amide bonds. The average molecular weight is 395 g/mol. The van der Waals surface area contributed by atoms with E-state index in [0.717, 1.165) is 47.4 Å². The van der Waals surface area contributed by atoms with Crippen molar-refractivity contribution in [3.63, 3.8) is 0 Å². The number of halogens is 2. The smallest absolute Gasteiger partial charge is 0.124 e. The number of ether oxygens (including phenoxy) is 1. The predicted octanol–water partition coefficient (Wildman–Crippen LogP) is 4.21. The molecule has 130 valence electrons. The minimum atomic E-state index is -0.231. The predicted molar refractivity (Wildman–Crippen MR) is 99.8 cm³/mol. The van der Waals surface area contributed by atoms with Crippen molar-refractivity contribution >= 4 is 15.9 Å². The molecule has 0 spiro atoms. The third-order valence-corrected chi connectivity index (χ3v) is 4.10. The highest BCUT2D eigenvalue weighted by atomic mass is 79.9. The van der Waals surface area contributed by atoms with Crippen molar-refractivity contribution < 1.29 is 9.13 Å². The van der Waals surface area contributed by atoms with E-state index in [-0.39, 0.29) is 5.82 Å². The largest absolute Gasteiger partial charge is 0.489 e. The van der Waals surface area contributed by atoms with Crippen molar-refractivity contribution in [3.05, 3.63) is 63.9 Å². The van der Waals surface area contributed by atoms with Gasteiger partial charge in [0, 0.05) is 16.6 Å². The fraction of sp³-hybridized carbons (Fsp3) is 0.368. The lowest BCUT2D eigenvalue weighted by molar-refractivity contribution is 0.301. The summed E-state index contributed by atoms with van der Waals surface area (Å²) in [6, 6.07) is 12.4. The maximum atomic E-state index is 13.0. The molecule has 5 heteroatoms. The van der Waals surface area contributed by atoms with E-state index in [2.05, 4.69) is 46.3 Å². The van der Waals surface area contributed by atoms with E-state index in [1.807, 2.05) is 12.1 Å². The van der Waals surface area contributed by atoms with Crippen molar-refractivity contribution in [2.24, 2.45) is 0 Å². The monoisotopic (exact) mass is 394 g/mol. The lowest BCUT2D eigenvalue weighted by atomic mass is 10.2. The Morgan fingerprint density at radius 1 is 1.12 bits per heavy atom. The summed E-state index contributed by atoms with van der Waals surface area (Å²) in [6.07, 6.45) is 1.10. The maximum absolute atomic E-state index is 13.0. The van der Waals surface area contributed by atoms with Gasteiger partial charge in [0.15, 0.2) is 0 Å². The summed E-state index contributed by atoms with van der Waals surface area (Å²) in [7, 11) is 4.16. The van der Waals surface area contributed by atoms with Gasteiger partial charge in [0.05, 0.1) is 0 Å². The van der Waals surface area contributed by atoms with Crippen LogP contribution >= 0.6 is 15.9 Å². The van der Waals surface area contributed by atoms with Gasteiger partial charge in [-0.1, -0.05) is 28.1 Å². The molecule has 2 aromatic rings. The molecule has 0 heterocycles. The molecule has 0 aliphatic carbocycles. The number of nitrogens with zero attached hydrogens (tertiary/aromatic N) is 1. The topological polar surface area (TPSA) is 24.5 Å². The molecule has 0 saturated carbocycles. The minimum absolute atomic E-state index is 0.231. The van der Waals surface area contributed by atoms with Gasteiger partial charge in [0.1, 0.15) is 18.2 Å². The van der Waals surface area contributed by atoms with Crippen LogP contribution in [-0.2, 0) is 13.2 Å². The molecular formula is C19H24BrFN2O. The Labute approximate surface area is 151 Å². The van der Waals surface area contributed by atoms with E-state index >= 15 is 0 Å². The molecule has 24 heavy (non-hydrogen) atoms. The van der Waals surface area contributed by atoms with E-state index in [1.165, 1.54) is 12.1 Å². The normalized spacial score (nSPS) is 11.0. The van der Waals surface area contributed by atoms with E-state index in [1.54, 1.807) is 12.1 Å². The van der Waals surface area contributed by atoms with E-state index < -0.39 is 0 Å². The third-order valence-electron chi connectivity index (χ3n) is 3.60. The molecule has 0 aliphatic heterocycles. The number of nitrogens with one attached hydrogen (secondary N) is 1. The van der Waals surface area contributed by atoms with Crippen molar-refractivity contribution in [1.29, 1.82) is 0 Å². The van der Waals surface area contributed by atoms with Gasteiger partial charge in [-0.15, -0.1) is 0 Å². The Kier molecular flexibility index (Phi) is 7.69. The zero-order chi connectivity index (χ0) is 17.4. The highest BCUT2D eigenvalue weighted by Gasteiger charge is 2.05. The van der Waals surface area contributed by atoms with E-state index in [0.29, 0.717) is 6.61 Å². The first-order valence-electron chi connectivity index (χ1n) is 8.06. The summed E-state index contributed by atoms with van der Waals surface area (Å²) in [4.78, 5) is 2.18. The van der Waals surface area contributed by atoms with Gasteiger partial charge in [-0.2, -0.15) is 0 Å². The molecule has 0 atom stereocenters. The second-order valence-electron chi connectivity index (χ2n) is 6.00. The Bertz CT molecular complexity index is 632. The highest BCUT2D eigenvalue weighted by Crippen LogP contribution is 2.24. The number of hydrogen-bond acceptors (Lipinski definition) is 3. The average Bonchev–Trinajstić information content (AvgIpc) is 2.55. The van der Waals surface area contributed by atoms with Gasteiger partial charge >= 0.3 is 0 Å². The molecule has 0 saturated heterocycles. The van der Waals surface area contributed by atoms with Gasteiger partial charge in [-0.3, -0.25) is 0 Å². The number of rotatable bonds is 9. The Morgan fingerprint density at radius 2 is 1.88 bits per heavy atom. The van der Waals surface area contributed by atoms with Crippen molar-refractivity contribution in [2.45, 2.75) is 19.6 Å². The van der Waals surface area contributed by atoms with Crippen LogP contribution in [0.2, 0.25) is 0 Å². The van der Waals surface area contributed by atoms with Crippen LogP contribution in [0.25, 0.3) is 0 Å². The second kappa shape index (κ2) is 9.77.